The molecule has 0 saturated carbocycles. The lowest BCUT2D eigenvalue weighted by atomic mass is 9.98. The zero-order chi connectivity index (χ0) is 28.3. The van der Waals surface area contributed by atoms with Gasteiger partial charge >= 0.3 is 0 Å². The van der Waals surface area contributed by atoms with Crippen molar-refractivity contribution in [3.63, 3.8) is 0 Å². The highest BCUT2D eigenvalue weighted by atomic mass is 32.1. The van der Waals surface area contributed by atoms with Gasteiger partial charge in [-0.05, 0) is 64.4 Å². The molecular weight excluding hydrogens is 543 g/mol. The predicted molar refractivity (Wildman–Crippen MR) is 184 cm³/mol. The molecule has 0 spiro atoms. The first-order valence-corrected chi connectivity index (χ1v) is 15.3. The molecule has 202 valence electrons. The van der Waals surface area contributed by atoms with Gasteiger partial charge in [-0.2, -0.15) is 0 Å². The Balaban J connectivity index is 1.35. The second-order valence-electron chi connectivity index (χ2n) is 10.9. The van der Waals surface area contributed by atoms with Crippen LogP contribution in [0.5, 0.6) is 0 Å². The number of hydrogen-bond acceptors (Lipinski definition) is 3. The maximum absolute atomic E-state index is 6.75. The minimum Gasteiger partial charge on any atom is -0.454 e. The van der Waals surface area contributed by atoms with Gasteiger partial charge in [-0.3, -0.25) is 0 Å². The smallest absolute Gasteiger partial charge is 0.160 e. The van der Waals surface area contributed by atoms with Gasteiger partial charge in [0.15, 0.2) is 5.58 Å². The van der Waals surface area contributed by atoms with Crippen LogP contribution in [0.1, 0.15) is 0 Å². The standard InChI is InChI=1S/C40H25NOS/c1-2-11-27(12-3-1)31-22-23-35(40-39(31)34-15-6-8-16-36(34)42-40)41(29-19-18-26-10-4-5-13-28(26)24-29)30-20-21-33-32-14-7-9-17-37(32)43-38(33)25-30/h1-25H. The number of anilines is 3. The Labute approximate surface area is 252 Å². The second-order valence-corrected chi connectivity index (χ2v) is 12.0. The fourth-order valence-corrected chi connectivity index (χ4v) is 7.58. The van der Waals surface area contributed by atoms with Crippen molar-refractivity contribution in [2.45, 2.75) is 0 Å². The summed E-state index contributed by atoms with van der Waals surface area (Å²) in [5.41, 5.74) is 7.32. The van der Waals surface area contributed by atoms with E-state index in [9.17, 15) is 0 Å². The number of thiophene rings is 1. The highest BCUT2D eigenvalue weighted by Crippen LogP contribution is 2.47. The van der Waals surface area contributed by atoms with E-state index in [0.717, 1.165) is 39.0 Å². The molecule has 9 aromatic rings. The number of furan rings is 1. The largest absolute Gasteiger partial charge is 0.454 e. The molecule has 2 heterocycles. The Morgan fingerprint density at radius 2 is 1.19 bits per heavy atom. The Hall–Kier alpha value is -5.38. The zero-order valence-corrected chi connectivity index (χ0v) is 24.0. The van der Waals surface area contributed by atoms with Crippen LogP contribution in [0, 0.1) is 0 Å². The quantitative estimate of drug-likeness (QED) is 0.210. The van der Waals surface area contributed by atoms with Crippen LogP contribution >= 0.6 is 11.3 Å². The molecule has 0 fully saturated rings. The molecule has 0 bridgehead atoms. The van der Waals surface area contributed by atoms with E-state index in [2.05, 4.69) is 150 Å². The molecule has 2 nitrogen and oxygen atoms in total. The summed E-state index contributed by atoms with van der Waals surface area (Å²) in [6, 6.07) is 54.2. The van der Waals surface area contributed by atoms with Crippen molar-refractivity contribution in [3.8, 4) is 11.1 Å². The molecule has 2 aromatic heterocycles. The molecule has 0 aliphatic carbocycles. The van der Waals surface area contributed by atoms with Crippen molar-refractivity contribution in [3.05, 3.63) is 152 Å². The number of hydrogen-bond donors (Lipinski definition) is 0. The van der Waals surface area contributed by atoms with E-state index >= 15 is 0 Å². The second kappa shape index (κ2) is 9.59. The van der Waals surface area contributed by atoms with Crippen molar-refractivity contribution in [1.29, 1.82) is 0 Å². The molecule has 0 unspecified atom stereocenters. The number of benzene rings is 7. The highest BCUT2D eigenvalue weighted by molar-refractivity contribution is 7.25. The van der Waals surface area contributed by atoms with Gasteiger partial charge < -0.3 is 9.32 Å². The molecular formula is C40H25NOS. The minimum atomic E-state index is 0.882. The van der Waals surface area contributed by atoms with Gasteiger partial charge in [0, 0.05) is 42.3 Å². The van der Waals surface area contributed by atoms with Gasteiger partial charge in [0.1, 0.15) is 5.58 Å². The maximum Gasteiger partial charge on any atom is 0.160 e. The van der Waals surface area contributed by atoms with Crippen LogP contribution in [0.25, 0.3) is 64.0 Å². The molecule has 3 heteroatoms. The number of fused-ring (bicyclic) bond motifs is 7. The van der Waals surface area contributed by atoms with Crippen molar-refractivity contribution in [1.82, 2.24) is 0 Å². The first kappa shape index (κ1) is 24.2. The van der Waals surface area contributed by atoms with Crippen LogP contribution in [0.2, 0.25) is 0 Å². The SMILES string of the molecule is c1ccc(-c2ccc(N(c3ccc4ccccc4c3)c3ccc4c(c3)sc3ccccc34)c3oc4ccccc4c23)cc1. The van der Waals surface area contributed by atoms with E-state index in [0.29, 0.717) is 0 Å². The normalized spacial score (nSPS) is 11.7. The lowest BCUT2D eigenvalue weighted by Crippen LogP contribution is -2.10. The number of para-hydroxylation sites is 1. The third kappa shape index (κ3) is 3.86. The summed E-state index contributed by atoms with van der Waals surface area (Å²) in [6.07, 6.45) is 0. The van der Waals surface area contributed by atoms with Gasteiger partial charge in [0.2, 0.25) is 0 Å². The van der Waals surface area contributed by atoms with Gasteiger partial charge in [0.05, 0.1) is 5.69 Å². The summed E-state index contributed by atoms with van der Waals surface area (Å²) < 4.78 is 9.33. The molecule has 0 N–H and O–H groups in total. The molecule has 43 heavy (non-hydrogen) atoms. The Bertz CT molecular complexity index is 2470. The molecule has 0 radical (unpaired) electrons. The third-order valence-electron chi connectivity index (χ3n) is 8.44. The molecule has 7 aromatic carbocycles. The molecule has 0 atom stereocenters. The predicted octanol–water partition coefficient (Wildman–Crippen LogP) is 12.2. The van der Waals surface area contributed by atoms with Gasteiger partial charge in [-0.15, -0.1) is 11.3 Å². The zero-order valence-electron chi connectivity index (χ0n) is 23.2. The van der Waals surface area contributed by atoms with Crippen LogP contribution in [0.3, 0.4) is 0 Å². The topological polar surface area (TPSA) is 16.4 Å². The van der Waals surface area contributed by atoms with Crippen LogP contribution in [-0.2, 0) is 0 Å². The summed E-state index contributed by atoms with van der Waals surface area (Å²) in [5, 5.41) is 7.27. The molecule has 0 aliphatic rings. The highest BCUT2D eigenvalue weighted by Gasteiger charge is 2.23. The summed E-state index contributed by atoms with van der Waals surface area (Å²) >= 11 is 1.84. The average Bonchev–Trinajstić information content (AvgIpc) is 3.64. The molecule has 0 saturated heterocycles. The van der Waals surface area contributed by atoms with E-state index in [1.54, 1.807) is 0 Å². The van der Waals surface area contributed by atoms with Gasteiger partial charge in [-0.25, -0.2) is 0 Å². The van der Waals surface area contributed by atoms with Gasteiger partial charge in [0.25, 0.3) is 0 Å². The summed E-state index contributed by atoms with van der Waals surface area (Å²) in [6.45, 7) is 0. The lowest BCUT2D eigenvalue weighted by Gasteiger charge is -2.26. The summed E-state index contributed by atoms with van der Waals surface area (Å²) in [7, 11) is 0. The van der Waals surface area contributed by atoms with E-state index in [-0.39, 0.29) is 0 Å². The maximum atomic E-state index is 6.75. The summed E-state index contributed by atoms with van der Waals surface area (Å²) in [4.78, 5) is 2.36. The Kier molecular flexibility index (Phi) is 5.40. The van der Waals surface area contributed by atoms with Gasteiger partial charge in [-0.1, -0.05) is 109 Å². The summed E-state index contributed by atoms with van der Waals surface area (Å²) in [5.74, 6) is 0. The Morgan fingerprint density at radius 1 is 0.488 bits per heavy atom. The van der Waals surface area contributed by atoms with E-state index in [1.807, 2.05) is 17.4 Å². The van der Waals surface area contributed by atoms with Crippen LogP contribution < -0.4 is 4.90 Å². The molecule has 9 rings (SSSR count). The van der Waals surface area contributed by atoms with Crippen LogP contribution in [0.15, 0.2) is 156 Å². The number of rotatable bonds is 4. The molecule has 0 amide bonds. The number of nitrogens with zero attached hydrogens (tertiary/aromatic N) is 1. The van der Waals surface area contributed by atoms with Crippen LogP contribution in [-0.4, -0.2) is 0 Å². The third-order valence-corrected chi connectivity index (χ3v) is 9.58. The fraction of sp³-hybridized carbons (Fsp3) is 0. The first-order valence-electron chi connectivity index (χ1n) is 14.5. The average molecular weight is 568 g/mol. The fourth-order valence-electron chi connectivity index (χ4n) is 6.45. The van der Waals surface area contributed by atoms with E-state index in [1.165, 1.54) is 42.1 Å². The van der Waals surface area contributed by atoms with E-state index in [4.69, 9.17) is 4.42 Å². The lowest BCUT2D eigenvalue weighted by molar-refractivity contribution is 0.669. The van der Waals surface area contributed by atoms with Crippen molar-refractivity contribution >= 4 is 81.3 Å². The Morgan fingerprint density at radius 3 is 2.09 bits per heavy atom. The first-order chi connectivity index (χ1) is 21.3. The van der Waals surface area contributed by atoms with Crippen molar-refractivity contribution in [2.24, 2.45) is 0 Å². The van der Waals surface area contributed by atoms with Crippen molar-refractivity contribution in [2.75, 3.05) is 4.90 Å². The minimum absolute atomic E-state index is 0.882. The van der Waals surface area contributed by atoms with Crippen LogP contribution in [0.4, 0.5) is 17.1 Å². The van der Waals surface area contributed by atoms with Crippen molar-refractivity contribution < 1.29 is 4.42 Å². The van der Waals surface area contributed by atoms with E-state index < -0.39 is 0 Å². The monoisotopic (exact) mass is 567 g/mol. The molecule has 0 aliphatic heterocycles.